The van der Waals surface area contributed by atoms with Gasteiger partial charge in [0.2, 0.25) is 0 Å². The van der Waals surface area contributed by atoms with Crippen LogP contribution >= 0.6 is 0 Å². The standard InChI is InChI=1S/C64H113NO8/c1-6-8-10-12-14-16-18-20-22-24-26-28-30-31-33-34-36-38-40-42-44-46-48-50-52-54-61(66)71-58-60(59-72-64(63(68)69)70-57-56-65(3,4)5)73-62(67)55-53-51-49-47-45-43-41-39-37-35-32-29-27-25-23-21-19-17-15-13-11-9-7-2/h9,11,15,17,21,23,27,29,35,37,41,43,60,64H,6-8,10,12-14,16,18-20,22,24-26,28,30-34,36,38-40,42,44-59H2,1-5H3/p+1/b11-9-,17-15-,23-21-,29-27-,37-35-,43-41-. The second-order valence-electron chi connectivity index (χ2n) is 21.3. The van der Waals surface area contributed by atoms with E-state index in [0.29, 0.717) is 23.9 Å². The summed E-state index contributed by atoms with van der Waals surface area (Å²) in [5.41, 5.74) is 0. The van der Waals surface area contributed by atoms with Crippen LogP contribution in [0.25, 0.3) is 0 Å². The van der Waals surface area contributed by atoms with Crippen molar-refractivity contribution in [2.24, 2.45) is 0 Å². The van der Waals surface area contributed by atoms with Gasteiger partial charge >= 0.3 is 17.9 Å². The number of ether oxygens (including phenoxy) is 4. The lowest BCUT2D eigenvalue weighted by Crippen LogP contribution is -2.40. The highest BCUT2D eigenvalue weighted by atomic mass is 16.7. The maximum atomic E-state index is 12.9. The Kier molecular flexibility index (Phi) is 52.5. The number of rotatable bonds is 55. The molecule has 0 aromatic carbocycles. The molecule has 2 unspecified atom stereocenters. The number of carbonyl (C=O) groups is 3. The van der Waals surface area contributed by atoms with Crippen molar-refractivity contribution in [3.63, 3.8) is 0 Å². The van der Waals surface area contributed by atoms with E-state index in [9.17, 15) is 19.5 Å². The Morgan fingerprint density at radius 1 is 0.425 bits per heavy atom. The van der Waals surface area contributed by atoms with Gasteiger partial charge in [0, 0.05) is 12.8 Å². The van der Waals surface area contributed by atoms with E-state index in [1.165, 1.54) is 141 Å². The summed E-state index contributed by atoms with van der Waals surface area (Å²) in [6, 6.07) is 0. The van der Waals surface area contributed by atoms with Gasteiger partial charge < -0.3 is 28.5 Å². The maximum absolute atomic E-state index is 12.9. The second-order valence-corrected chi connectivity index (χ2v) is 21.3. The van der Waals surface area contributed by atoms with Crippen LogP contribution in [0.4, 0.5) is 0 Å². The summed E-state index contributed by atoms with van der Waals surface area (Å²) in [4.78, 5) is 37.5. The molecule has 0 aliphatic heterocycles. The average molecular weight is 1030 g/mol. The lowest BCUT2D eigenvalue weighted by Gasteiger charge is -2.25. The van der Waals surface area contributed by atoms with Crippen LogP contribution in [0, 0.1) is 0 Å². The van der Waals surface area contributed by atoms with Crippen LogP contribution in [0.15, 0.2) is 72.9 Å². The van der Waals surface area contributed by atoms with Crippen LogP contribution in [0.3, 0.4) is 0 Å². The molecular weight excluding hydrogens is 911 g/mol. The number of aliphatic carboxylic acids is 1. The summed E-state index contributed by atoms with van der Waals surface area (Å²) in [6.07, 6.45) is 68.4. The Morgan fingerprint density at radius 3 is 1.16 bits per heavy atom. The normalized spacial score (nSPS) is 13.3. The Hall–Kier alpha value is -3.27. The van der Waals surface area contributed by atoms with E-state index in [1.54, 1.807) is 0 Å². The molecule has 422 valence electrons. The lowest BCUT2D eigenvalue weighted by atomic mass is 10.0. The first-order valence-corrected chi connectivity index (χ1v) is 30.1. The van der Waals surface area contributed by atoms with Gasteiger partial charge in [-0.2, -0.15) is 0 Å². The Bertz CT molecular complexity index is 1420. The Morgan fingerprint density at radius 2 is 0.781 bits per heavy atom. The van der Waals surface area contributed by atoms with Crippen LogP contribution in [-0.2, 0) is 33.3 Å². The van der Waals surface area contributed by atoms with Gasteiger partial charge in [0.15, 0.2) is 6.10 Å². The summed E-state index contributed by atoms with van der Waals surface area (Å²) < 4.78 is 22.9. The fraction of sp³-hybridized carbons (Fsp3) is 0.766. The number of carbonyl (C=O) groups excluding carboxylic acids is 2. The van der Waals surface area contributed by atoms with Crippen molar-refractivity contribution in [3.05, 3.63) is 72.9 Å². The molecule has 0 spiro atoms. The van der Waals surface area contributed by atoms with Crippen molar-refractivity contribution in [3.8, 4) is 0 Å². The number of hydrogen-bond donors (Lipinski definition) is 1. The first-order chi connectivity index (χ1) is 35.6. The van der Waals surface area contributed by atoms with Crippen molar-refractivity contribution in [2.75, 3.05) is 47.5 Å². The SMILES string of the molecule is CC/C=C\C/C=C\C/C=C\C/C=C\C/C=C\C/C=C\CCCCCCC(=O)OC(COC(=O)CCCCCCCCCCCCCCCCCCCCCCCCCCC)COC(OCC[N+](C)(C)C)C(=O)O. The third-order valence-corrected chi connectivity index (χ3v) is 13.0. The van der Waals surface area contributed by atoms with Gasteiger partial charge in [-0.15, -0.1) is 0 Å². The van der Waals surface area contributed by atoms with E-state index >= 15 is 0 Å². The maximum Gasteiger partial charge on any atom is 0.361 e. The van der Waals surface area contributed by atoms with Crippen molar-refractivity contribution in [1.82, 2.24) is 0 Å². The first kappa shape index (κ1) is 69.7. The van der Waals surface area contributed by atoms with Gasteiger partial charge in [-0.05, 0) is 64.2 Å². The highest BCUT2D eigenvalue weighted by Gasteiger charge is 2.25. The van der Waals surface area contributed by atoms with E-state index in [1.807, 2.05) is 21.1 Å². The molecule has 0 aromatic rings. The predicted molar refractivity (Wildman–Crippen MR) is 309 cm³/mol. The fourth-order valence-corrected chi connectivity index (χ4v) is 8.37. The Labute approximate surface area is 449 Å². The number of quaternary nitrogens is 1. The molecular formula is C64H114NO8+. The number of unbranched alkanes of at least 4 members (excludes halogenated alkanes) is 28. The average Bonchev–Trinajstić information content (AvgIpc) is 3.36. The summed E-state index contributed by atoms with van der Waals surface area (Å²) >= 11 is 0. The number of allylic oxidation sites excluding steroid dienone is 12. The minimum Gasteiger partial charge on any atom is -0.477 e. The number of carboxylic acids is 1. The highest BCUT2D eigenvalue weighted by molar-refractivity contribution is 5.71. The van der Waals surface area contributed by atoms with Crippen molar-refractivity contribution >= 4 is 17.9 Å². The molecule has 0 amide bonds. The van der Waals surface area contributed by atoms with E-state index in [0.717, 1.165) is 83.5 Å². The smallest absolute Gasteiger partial charge is 0.361 e. The predicted octanol–water partition coefficient (Wildman–Crippen LogP) is 17.8. The van der Waals surface area contributed by atoms with Gasteiger partial charge in [0.25, 0.3) is 6.29 Å². The summed E-state index contributed by atoms with van der Waals surface area (Å²) in [6.45, 7) is 4.76. The lowest BCUT2D eigenvalue weighted by molar-refractivity contribution is -0.870. The third kappa shape index (κ3) is 56.3. The molecule has 0 heterocycles. The molecule has 0 bridgehead atoms. The third-order valence-electron chi connectivity index (χ3n) is 13.0. The zero-order chi connectivity index (χ0) is 53.4. The zero-order valence-corrected chi connectivity index (χ0v) is 48.0. The molecule has 0 fully saturated rings. The van der Waals surface area contributed by atoms with Gasteiger partial charge in [0.1, 0.15) is 13.2 Å². The van der Waals surface area contributed by atoms with Crippen molar-refractivity contribution in [2.45, 2.75) is 270 Å². The number of carboxylic acid groups (broad SMARTS) is 1. The van der Waals surface area contributed by atoms with E-state index in [4.69, 9.17) is 18.9 Å². The molecule has 73 heavy (non-hydrogen) atoms. The summed E-state index contributed by atoms with van der Waals surface area (Å²) in [5.74, 6) is -2.03. The quantitative estimate of drug-likeness (QED) is 0.0211. The van der Waals surface area contributed by atoms with E-state index in [-0.39, 0.29) is 32.2 Å². The van der Waals surface area contributed by atoms with Gasteiger partial charge in [-0.1, -0.05) is 254 Å². The van der Waals surface area contributed by atoms with Crippen LogP contribution in [0.5, 0.6) is 0 Å². The van der Waals surface area contributed by atoms with Gasteiger partial charge in [-0.3, -0.25) is 9.59 Å². The molecule has 0 aliphatic carbocycles. The molecule has 0 saturated heterocycles. The van der Waals surface area contributed by atoms with Gasteiger partial charge in [0.05, 0.1) is 34.4 Å². The number of esters is 2. The van der Waals surface area contributed by atoms with Gasteiger partial charge in [-0.25, -0.2) is 4.79 Å². The molecule has 9 nitrogen and oxygen atoms in total. The number of likely N-dealkylation sites (N-methyl/N-ethyl adjacent to an activating group) is 1. The Balaban J connectivity index is 4.26. The zero-order valence-electron chi connectivity index (χ0n) is 48.0. The minimum atomic E-state index is -1.52. The van der Waals surface area contributed by atoms with E-state index in [2.05, 4.69) is 86.8 Å². The molecule has 0 rings (SSSR count). The van der Waals surface area contributed by atoms with Crippen LogP contribution < -0.4 is 0 Å². The number of hydrogen-bond acceptors (Lipinski definition) is 7. The number of nitrogens with zero attached hydrogens (tertiary/aromatic N) is 1. The van der Waals surface area contributed by atoms with Crippen LogP contribution in [-0.4, -0.2) is 87.4 Å². The topological polar surface area (TPSA) is 108 Å². The van der Waals surface area contributed by atoms with Crippen molar-refractivity contribution < 1.29 is 42.9 Å². The molecule has 0 saturated carbocycles. The minimum absolute atomic E-state index is 0.180. The first-order valence-electron chi connectivity index (χ1n) is 30.1. The van der Waals surface area contributed by atoms with Crippen LogP contribution in [0.1, 0.15) is 258 Å². The second kappa shape index (κ2) is 55.0. The van der Waals surface area contributed by atoms with Crippen LogP contribution in [0.2, 0.25) is 0 Å². The summed E-state index contributed by atoms with van der Waals surface area (Å²) in [7, 11) is 5.96. The molecule has 9 heteroatoms. The van der Waals surface area contributed by atoms with E-state index < -0.39 is 24.3 Å². The molecule has 0 aliphatic rings. The molecule has 1 N–H and O–H groups in total. The highest BCUT2D eigenvalue weighted by Crippen LogP contribution is 2.17. The monoisotopic (exact) mass is 1020 g/mol. The molecule has 0 radical (unpaired) electrons. The largest absolute Gasteiger partial charge is 0.477 e. The van der Waals surface area contributed by atoms with Crippen molar-refractivity contribution in [1.29, 1.82) is 0 Å². The summed E-state index contributed by atoms with van der Waals surface area (Å²) in [5, 5.41) is 9.71. The molecule has 0 aromatic heterocycles. The fourth-order valence-electron chi connectivity index (χ4n) is 8.37. The molecule has 2 atom stereocenters.